The molecule has 1 saturated heterocycles. The lowest BCUT2D eigenvalue weighted by molar-refractivity contribution is 0.0600. The molecule has 1 fully saturated rings. The Balaban J connectivity index is 1.45. The number of aromatic nitrogens is 2. The van der Waals surface area contributed by atoms with E-state index in [1.165, 1.54) is 19.2 Å². The summed E-state index contributed by atoms with van der Waals surface area (Å²) in [6.07, 6.45) is 1.71. The fourth-order valence-corrected chi connectivity index (χ4v) is 4.06. The third-order valence-corrected chi connectivity index (χ3v) is 5.82. The van der Waals surface area contributed by atoms with Crippen LogP contribution in [0.25, 0.3) is 11.3 Å². The van der Waals surface area contributed by atoms with E-state index in [-0.39, 0.29) is 22.4 Å². The summed E-state index contributed by atoms with van der Waals surface area (Å²) in [5.74, 6) is -0.442. The Morgan fingerprint density at radius 2 is 2.03 bits per heavy atom. The lowest BCUT2D eigenvalue weighted by Gasteiger charge is -2.36. The van der Waals surface area contributed by atoms with E-state index in [2.05, 4.69) is 25.2 Å². The summed E-state index contributed by atoms with van der Waals surface area (Å²) in [4.78, 5) is 27.1. The monoisotopic (exact) mass is 455 g/mol. The van der Waals surface area contributed by atoms with Gasteiger partial charge in [-0.1, -0.05) is 23.7 Å². The maximum absolute atomic E-state index is 11.8. The molecule has 166 valence electrons. The number of esters is 1. The molecular weight excluding hydrogens is 434 g/mol. The number of methoxy groups -OCH3 is 1. The number of halogens is 1. The molecule has 0 aliphatic carbocycles. The van der Waals surface area contributed by atoms with Gasteiger partial charge in [0, 0.05) is 44.4 Å². The highest BCUT2D eigenvalue weighted by Crippen LogP contribution is 2.40. The Hall–Kier alpha value is -3.43. The highest BCUT2D eigenvalue weighted by atomic mass is 35.5. The number of rotatable bonds is 6. The van der Waals surface area contributed by atoms with Crippen LogP contribution in [-0.2, 0) is 11.3 Å². The summed E-state index contributed by atoms with van der Waals surface area (Å²) in [6.45, 7) is 3.87. The number of piperazine rings is 1. The van der Waals surface area contributed by atoms with Crippen molar-refractivity contribution in [2.75, 3.05) is 38.2 Å². The minimum Gasteiger partial charge on any atom is -0.507 e. The van der Waals surface area contributed by atoms with E-state index < -0.39 is 0 Å². The third-order valence-electron chi connectivity index (χ3n) is 5.52. The molecule has 1 aromatic heterocycles. The van der Waals surface area contributed by atoms with Crippen LogP contribution in [0.2, 0.25) is 5.02 Å². The fourth-order valence-electron chi connectivity index (χ4n) is 3.86. The first kappa shape index (κ1) is 21.8. The molecule has 0 bridgehead atoms. The molecule has 0 amide bonds. The van der Waals surface area contributed by atoms with Crippen molar-refractivity contribution in [1.82, 2.24) is 15.1 Å². The third kappa shape index (κ3) is 4.44. The van der Waals surface area contributed by atoms with Crippen LogP contribution in [0.3, 0.4) is 0 Å². The smallest absolute Gasteiger partial charge is 0.337 e. The molecule has 0 atom stereocenters. The molecule has 3 aromatic rings. The molecule has 1 aliphatic heterocycles. The summed E-state index contributed by atoms with van der Waals surface area (Å²) in [5.41, 5.74) is 3.50. The fraction of sp³-hybridized carbons (Fsp3) is 0.273. The van der Waals surface area contributed by atoms with E-state index in [4.69, 9.17) is 16.3 Å². The van der Waals surface area contributed by atoms with Crippen LogP contribution in [0.5, 0.6) is 5.75 Å². The van der Waals surface area contributed by atoms with Gasteiger partial charge < -0.3 is 14.7 Å². The largest absolute Gasteiger partial charge is 0.507 e. The molecule has 1 aliphatic rings. The molecule has 4 rings (SSSR count). The Morgan fingerprint density at radius 1 is 1.25 bits per heavy atom. The predicted molar refractivity (Wildman–Crippen MR) is 121 cm³/mol. The van der Waals surface area contributed by atoms with Crippen molar-refractivity contribution in [2.45, 2.75) is 6.54 Å². The van der Waals surface area contributed by atoms with Gasteiger partial charge in [-0.3, -0.25) is 10.00 Å². The molecular formula is C22H22ClN5O4. The summed E-state index contributed by atoms with van der Waals surface area (Å²) in [5, 5.41) is 20.4. The average molecular weight is 456 g/mol. The number of phenolic OH excluding ortho intramolecular Hbond substituents is 1. The van der Waals surface area contributed by atoms with Gasteiger partial charge in [-0.15, -0.1) is 4.91 Å². The zero-order valence-corrected chi connectivity index (χ0v) is 18.2. The Kier molecular flexibility index (Phi) is 6.38. The molecule has 0 radical (unpaired) electrons. The van der Waals surface area contributed by atoms with Gasteiger partial charge in [-0.05, 0) is 28.9 Å². The van der Waals surface area contributed by atoms with Crippen LogP contribution in [-0.4, -0.2) is 59.5 Å². The van der Waals surface area contributed by atoms with Crippen molar-refractivity contribution in [1.29, 1.82) is 0 Å². The standard InChI is InChI=1S/C22H22ClN5O4/c1-32-22(30)15-4-2-3-14(9-15)13-27-5-7-28(8-6-27)19-12-24-25-21(19)16-10-17(23)18(26-31)11-20(16)29/h2-4,9-12,29H,5-8,13H2,1H3,(H,24,25). The Bertz CT molecular complexity index is 1140. The maximum atomic E-state index is 11.8. The number of carbonyl (C=O) groups is 1. The van der Waals surface area contributed by atoms with Crippen LogP contribution in [0.15, 0.2) is 47.8 Å². The number of nitrogens with zero attached hydrogens (tertiary/aromatic N) is 4. The summed E-state index contributed by atoms with van der Waals surface area (Å²) < 4.78 is 4.80. The van der Waals surface area contributed by atoms with Crippen LogP contribution >= 0.6 is 11.6 Å². The van der Waals surface area contributed by atoms with E-state index in [1.807, 2.05) is 18.2 Å². The molecule has 0 saturated carbocycles. The first-order chi connectivity index (χ1) is 15.5. The van der Waals surface area contributed by atoms with Crippen molar-refractivity contribution >= 4 is 28.9 Å². The number of aromatic hydroxyl groups is 1. The van der Waals surface area contributed by atoms with E-state index in [9.17, 15) is 14.8 Å². The van der Waals surface area contributed by atoms with Gasteiger partial charge in [0.1, 0.15) is 11.4 Å². The van der Waals surface area contributed by atoms with Crippen molar-refractivity contribution in [3.63, 3.8) is 0 Å². The number of benzene rings is 2. The first-order valence-electron chi connectivity index (χ1n) is 10.0. The Labute approximate surface area is 189 Å². The predicted octanol–water partition coefficient (Wildman–Crippen LogP) is 3.94. The van der Waals surface area contributed by atoms with Crippen molar-refractivity contribution in [2.24, 2.45) is 5.18 Å². The van der Waals surface area contributed by atoms with Crippen molar-refractivity contribution in [3.8, 4) is 17.0 Å². The molecule has 32 heavy (non-hydrogen) atoms. The van der Waals surface area contributed by atoms with E-state index in [0.717, 1.165) is 44.0 Å². The second-order valence-corrected chi connectivity index (χ2v) is 7.90. The maximum Gasteiger partial charge on any atom is 0.337 e. The lowest BCUT2D eigenvalue weighted by Crippen LogP contribution is -2.46. The molecule has 0 unspecified atom stereocenters. The van der Waals surface area contributed by atoms with Gasteiger partial charge in [0.2, 0.25) is 0 Å². The van der Waals surface area contributed by atoms with Gasteiger partial charge in [0.25, 0.3) is 0 Å². The van der Waals surface area contributed by atoms with Gasteiger partial charge >= 0.3 is 5.97 Å². The quantitative estimate of drug-likeness (QED) is 0.427. The van der Waals surface area contributed by atoms with Crippen LogP contribution in [0, 0.1) is 4.91 Å². The lowest BCUT2D eigenvalue weighted by atomic mass is 10.1. The number of hydrogen-bond donors (Lipinski definition) is 2. The van der Waals surface area contributed by atoms with Crippen LogP contribution < -0.4 is 4.90 Å². The number of anilines is 1. The van der Waals surface area contributed by atoms with E-state index in [1.54, 1.807) is 12.3 Å². The molecule has 2 aromatic carbocycles. The number of aromatic amines is 1. The first-order valence-corrected chi connectivity index (χ1v) is 10.4. The Morgan fingerprint density at radius 3 is 2.75 bits per heavy atom. The number of ether oxygens (including phenoxy) is 1. The number of carbonyl (C=O) groups excluding carboxylic acids is 1. The minimum atomic E-state index is -0.343. The van der Waals surface area contributed by atoms with E-state index in [0.29, 0.717) is 16.8 Å². The van der Waals surface area contributed by atoms with Crippen LogP contribution in [0.4, 0.5) is 11.4 Å². The summed E-state index contributed by atoms with van der Waals surface area (Å²) >= 11 is 6.10. The number of nitrogens with one attached hydrogen (secondary N) is 1. The molecule has 10 heteroatoms. The highest BCUT2D eigenvalue weighted by molar-refractivity contribution is 6.33. The SMILES string of the molecule is COC(=O)c1cccc(CN2CCN(c3cn[nH]c3-c3cc(Cl)c(N=O)cc3O)CC2)c1. The topological polar surface area (TPSA) is 111 Å². The highest BCUT2D eigenvalue weighted by Gasteiger charge is 2.23. The normalized spacial score (nSPS) is 14.4. The molecule has 2 N–H and O–H groups in total. The number of nitroso groups, excluding NO2 is 1. The number of hydrogen-bond acceptors (Lipinski definition) is 8. The summed E-state index contributed by atoms with van der Waals surface area (Å²) in [6, 6.07) is 10.2. The summed E-state index contributed by atoms with van der Waals surface area (Å²) in [7, 11) is 1.37. The zero-order valence-electron chi connectivity index (χ0n) is 17.4. The number of phenols is 1. The van der Waals surface area contributed by atoms with Gasteiger partial charge in [-0.25, -0.2) is 4.79 Å². The van der Waals surface area contributed by atoms with Gasteiger partial charge in [0.05, 0.1) is 35.3 Å². The van der Waals surface area contributed by atoms with Gasteiger partial charge in [0.15, 0.2) is 0 Å². The molecule has 2 heterocycles. The van der Waals surface area contributed by atoms with Crippen LogP contribution in [0.1, 0.15) is 15.9 Å². The second-order valence-electron chi connectivity index (χ2n) is 7.50. The van der Waals surface area contributed by atoms with Crippen molar-refractivity contribution < 1.29 is 14.6 Å². The van der Waals surface area contributed by atoms with Crippen molar-refractivity contribution in [3.05, 3.63) is 63.7 Å². The van der Waals surface area contributed by atoms with Gasteiger partial charge in [-0.2, -0.15) is 5.10 Å². The van der Waals surface area contributed by atoms with E-state index >= 15 is 0 Å². The number of H-pyrrole nitrogens is 1. The zero-order chi connectivity index (χ0) is 22.7. The molecule has 0 spiro atoms. The molecule has 9 nitrogen and oxygen atoms in total. The second kappa shape index (κ2) is 9.37. The minimum absolute atomic E-state index is 0.0149. The average Bonchev–Trinajstić information content (AvgIpc) is 3.30.